The highest BCUT2D eigenvalue weighted by Gasteiger charge is 2.34. The molecule has 0 aromatic heterocycles. The molecular formula is C55H90N8O15. The van der Waals surface area contributed by atoms with Crippen molar-refractivity contribution < 1.29 is 72.7 Å². The second kappa shape index (κ2) is 32.5. The molecule has 78 heavy (non-hydrogen) atoms. The van der Waals surface area contributed by atoms with Crippen molar-refractivity contribution in [2.24, 2.45) is 28.4 Å². The number of benzene rings is 1. The van der Waals surface area contributed by atoms with Crippen LogP contribution in [0.3, 0.4) is 0 Å². The molecule has 440 valence electrons. The summed E-state index contributed by atoms with van der Waals surface area (Å²) in [5.74, 6) is -7.04. The molecule has 3 unspecified atom stereocenters. The summed E-state index contributed by atoms with van der Waals surface area (Å²) >= 11 is 0. The number of anilines is 1. The molecule has 1 aliphatic carbocycles. The van der Waals surface area contributed by atoms with E-state index in [1.54, 1.807) is 24.3 Å². The predicted molar refractivity (Wildman–Crippen MR) is 290 cm³/mol. The molecule has 0 aliphatic heterocycles. The van der Waals surface area contributed by atoms with Crippen molar-refractivity contribution in [1.82, 2.24) is 31.9 Å². The van der Waals surface area contributed by atoms with Gasteiger partial charge in [-0.15, -0.1) is 0 Å². The second-order valence-electron chi connectivity index (χ2n) is 23.4. The monoisotopic (exact) mass is 1100 g/mol. The minimum Gasteiger partial charge on any atom is -0.481 e. The molecule has 3 atom stereocenters. The van der Waals surface area contributed by atoms with Gasteiger partial charge in [0.15, 0.2) is 0 Å². The van der Waals surface area contributed by atoms with E-state index in [1.165, 1.54) is 0 Å². The van der Waals surface area contributed by atoms with E-state index in [2.05, 4.69) is 31.9 Å². The van der Waals surface area contributed by atoms with E-state index >= 15 is 0 Å². The summed E-state index contributed by atoms with van der Waals surface area (Å²) in [6.07, 6.45) is 3.83. The first kappa shape index (κ1) is 67.7. The molecule has 7 amide bonds. The number of unbranched alkanes of at least 4 members (excludes halogenated alkanes) is 1. The van der Waals surface area contributed by atoms with Gasteiger partial charge in [-0.3, -0.25) is 43.2 Å². The summed E-state index contributed by atoms with van der Waals surface area (Å²) in [6, 6.07) is 2.99. The van der Waals surface area contributed by atoms with Gasteiger partial charge in [0.25, 0.3) is 5.91 Å². The Kier molecular flexibility index (Phi) is 28.2. The molecule has 1 aromatic rings. The fourth-order valence-electron chi connectivity index (χ4n) is 9.56. The molecule has 0 bridgehead atoms. The maximum Gasteiger partial charge on any atom is 0.326 e. The van der Waals surface area contributed by atoms with Crippen LogP contribution in [0.1, 0.15) is 175 Å². The van der Waals surface area contributed by atoms with Gasteiger partial charge in [-0.25, -0.2) is 4.79 Å². The number of rotatable bonds is 38. The molecule has 1 saturated carbocycles. The van der Waals surface area contributed by atoms with Crippen molar-refractivity contribution in [2.75, 3.05) is 38.6 Å². The Balaban J connectivity index is 1.74. The van der Waals surface area contributed by atoms with E-state index in [0.29, 0.717) is 88.5 Å². The van der Waals surface area contributed by atoms with Crippen LogP contribution in [0.15, 0.2) is 24.3 Å². The van der Waals surface area contributed by atoms with Crippen molar-refractivity contribution in [3.63, 3.8) is 0 Å². The van der Waals surface area contributed by atoms with Gasteiger partial charge >= 0.3 is 17.9 Å². The smallest absolute Gasteiger partial charge is 0.326 e. The van der Waals surface area contributed by atoms with Crippen LogP contribution in [-0.4, -0.2) is 137 Å². The van der Waals surface area contributed by atoms with Crippen LogP contribution in [-0.2, 0) is 52.6 Å². The van der Waals surface area contributed by atoms with Crippen molar-refractivity contribution in [3.05, 3.63) is 29.8 Å². The minimum absolute atomic E-state index is 0.00329. The molecule has 1 fully saturated rings. The maximum atomic E-state index is 13.2. The molecule has 23 nitrogen and oxygen atoms in total. The number of hydrogen-bond acceptors (Lipinski definition) is 13. The van der Waals surface area contributed by atoms with Crippen LogP contribution in [0.25, 0.3) is 0 Å². The Morgan fingerprint density at radius 2 is 1.18 bits per heavy atom. The van der Waals surface area contributed by atoms with Gasteiger partial charge in [-0.2, -0.15) is 0 Å². The van der Waals surface area contributed by atoms with Crippen molar-refractivity contribution in [2.45, 2.75) is 194 Å². The Bertz CT molecular complexity index is 2170. The molecular weight excluding hydrogens is 1010 g/mol. The highest BCUT2D eigenvalue weighted by atomic mass is 16.5. The normalized spacial score (nSPS) is 16.1. The third-order valence-corrected chi connectivity index (χ3v) is 13.7. The first-order valence-electron chi connectivity index (χ1n) is 27.1. The van der Waals surface area contributed by atoms with Gasteiger partial charge in [0, 0.05) is 62.5 Å². The van der Waals surface area contributed by atoms with Gasteiger partial charge in [-0.1, -0.05) is 27.7 Å². The van der Waals surface area contributed by atoms with Gasteiger partial charge in [0.2, 0.25) is 35.4 Å². The number of ether oxygens (including phenoxy) is 2. The number of nitrogens with two attached hydrogens (primary N) is 2. The maximum absolute atomic E-state index is 13.2. The number of carbonyl (C=O) groups excluding carboxylic acids is 7. The van der Waals surface area contributed by atoms with Crippen LogP contribution >= 0.6 is 0 Å². The molecule has 0 heterocycles. The fraction of sp³-hybridized carbons (Fsp3) is 0.709. The van der Waals surface area contributed by atoms with E-state index in [-0.39, 0.29) is 81.9 Å². The lowest BCUT2D eigenvalue weighted by molar-refractivity contribution is -0.143. The number of carbonyl (C=O) groups is 10. The topological polar surface area (TPSA) is 374 Å². The average Bonchev–Trinajstić information content (AvgIpc) is 3.32. The number of carboxylic acid groups (broad SMARTS) is 3. The largest absolute Gasteiger partial charge is 0.481 e. The Morgan fingerprint density at radius 1 is 0.603 bits per heavy atom. The SMILES string of the molecule is CC(C)(CC(=O)O)CC(C)(C)CC(=O)NCC1CCC(C(=O)NC(CCC(=O)NC(CCC(=O)O)C(=O)NCCOC(C)(C)CCOC(C)(C)CCC(=O)NC(CCCCNC(=O)c2ccc(N)cc2)C(N)=O)C(=O)O)CC1. The first-order chi connectivity index (χ1) is 36.3. The molecule has 1 aromatic carbocycles. The lowest BCUT2D eigenvalue weighted by Gasteiger charge is -2.34. The number of carboxylic acids is 3. The van der Waals surface area contributed by atoms with Gasteiger partial charge in [0.1, 0.15) is 18.1 Å². The number of nitrogens with one attached hydrogen (secondary N) is 6. The average molecular weight is 1100 g/mol. The van der Waals surface area contributed by atoms with E-state index in [0.717, 1.165) is 0 Å². The zero-order chi connectivity index (χ0) is 58.9. The summed E-state index contributed by atoms with van der Waals surface area (Å²) in [5.41, 5.74) is 9.91. The van der Waals surface area contributed by atoms with Crippen molar-refractivity contribution in [3.8, 4) is 0 Å². The van der Waals surface area contributed by atoms with Crippen LogP contribution in [0.4, 0.5) is 5.69 Å². The second-order valence-corrected chi connectivity index (χ2v) is 23.4. The van der Waals surface area contributed by atoms with Crippen LogP contribution in [0.5, 0.6) is 0 Å². The number of primary amides is 1. The number of hydrogen-bond donors (Lipinski definition) is 11. The first-order valence-corrected chi connectivity index (χ1v) is 27.1. The molecule has 0 saturated heterocycles. The number of aliphatic carboxylic acids is 3. The van der Waals surface area contributed by atoms with Gasteiger partial charge < -0.3 is 68.2 Å². The molecule has 1 aliphatic rings. The quantitative estimate of drug-likeness (QED) is 0.0330. The third-order valence-electron chi connectivity index (χ3n) is 13.7. The summed E-state index contributed by atoms with van der Waals surface area (Å²) in [5, 5.41) is 44.6. The van der Waals surface area contributed by atoms with Gasteiger partial charge in [0.05, 0.1) is 30.8 Å². The minimum atomic E-state index is -1.40. The van der Waals surface area contributed by atoms with Gasteiger partial charge in [-0.05, 0) is 146 Å². The lowest BCUT2D eigenvalue weighted by Crippen LogP contribution is -2.49. The number of nitrogen functional groups attached to an aromatic ring is 1. The third kappa shape index (κ3) is 28.9. The number of amides is 7. The molecule has 13 N–H and O–H groups in total. The summed E-state index contributed by atoms with van der Waals surface area (Å²) in [6.45, 7) is 16.0. The molecule has 0 radical (unpaired) electrons. The van der Waals surface area contributed by atoms with E-state index in [9.17, 15) is 63.3 Å². The summed E-state index contributed by atoms with van der Waals surface area (Å²) in [4.78, 5) is 124. The van der Waals surface area contributed by atoms with Crippen molar-refractivity contribution in [1.29, 1.82) is 0 Å². The molecule has 23 heteroatoms. The Morgan fingerprint density at radius 3 is 1.78 bits per heavy atom. The summed E-state index contributed by atoms with van der Waals surface area (Å²) in [7, 11) is 0. The van der Waals surface area contributed by atoms with Crippen LogP contribution < -0.4 is 43.4 Å². The zero-order valence-electron chi connectivity index (χ0n) is 47.1. The van der Waals surface area contributed by atoms with Crippen LogP contribution in [0, 0.1) is 22.7 Å². The van der Waals surface area contributed by atoms with E-state index in [4.69, 9.17) is 20.9 Å². The van der Waals surface area contributed by atoms with E-state index < -0.39 is 94.0 Å². The molecule has 2 rings (SSSR count). The predicted octanol–water partition coefficient (Wildman–Crippen LogP) is 3.95. The van der Waals surface area contributed by atoms with E-state index in [1.807, 2.05) is 55.4 Å². The molecule has 0 spiro atoms. The highest BCUT2D eigenvalue weighted by Crippen LogP contribution is 2.38. The van der Waals surface area contributed by atoms with Crippen molar-refractivity contribution >= 4 is 64.9 Å². The lowest BCUT2D eigenvalue weighted by atomic mass is 9.71. The highest BCUT2D eigenvalue weighted by molar-refractivity contribution is 5.94. The standard InChI is InChI=1S/C55H90N8O15/c1-52(2,34-53(3,4)32-46(69)70)31-44(66)60-33-35-12-14-37(15-13-35)49(73)63-41(51(75)76)20-22-42(64)62-40(21-23-45(67)68)50(74)59-28-30-78-55(7,8)26-29-77-54(5,6)25-24-43(65)61-39(47(57)71)11-9-10-27-58-48(72)36-16-18-38(56)19-17-36/h16-19,35,37,39-41H,9-15,20-34,56H2,1-8H3,(H2,57,71)(H,58,72)(H,59,74)(H,60,66)(H,61,65)(H,62,64)(H,63,73)(H,67,68)(H,69,70)(H,75,76). The fourth-order valence-corrected chi connectivity index (χ4v) is 9.56. The van der Waals surface area contributed by atoms with Crippen LogP contribution in [0.2, 0.25) is 0 Å². The zero-order valence-corrected chi connectivity index (χ0v) is 47.1. The Labute approximate surface area is 459 Å². The summed E-state index contributed by atoms with van der Waals surface area (Å²) < 4.78 is 12.1. The Hall–Kier alpha value is -6.36.